The molecule has 5 heteroatoms. The summed E-state index contributed by atoms with van der Waals surface area (Å²) in [6.45, 7) is 0. The van der Waals surface area contributed by atoms with E-state index >= 15 is 0 Å². The number of aromatic nitrogens is 2. The van der Waals surface area contributed by atoms with Crippen molar-refractivity contribution < 1.29 is 9.26 Å². The largest absolute Gasteiger partial charge is 0.497 e. The van der Waals surface area contributed by atoms with Crippen LogP contribution >= 0.6 is 11.8 Å². The molecule has 0 bridgehead atoms. The second-order valence-corrected chi connectivity index (χ2v) is 5.20. The SMILES string of the molecule is COc1cccc(-c2noc(-c3ccccc3SC)n2)c1. The monoisotopic (exact) mass is 298 g/mol. The van der Waals surface area contributed by atoms with Gasteiger partial charge in [0.15, 0.2) is 0 Å². The van der Waals surface area contributed by atoms with Crippen LogP contribution in [0.5, 0.6) is 5.75 Å². The maximum absolute atomic E-state index is 5.41. The van der Waals surface area contributed by atoms with Gasteiger partial charge in [-0.2, -0.15) is 4.98 Å². The zero-order valence-corrected chi connectivity index (χ0v) is 12.6. The van der Waals surface area contributed by atoms with E-state index in [2.05, 4.69) is 10.1 Å². The van der Waals surface area contributed by atoms with Crippen molar-refractivity contribution >= 4 is 11.8 Å². The van der Waals surface area contributed by atoms with Crippen LogP contribution < -0.4 is 4.74 Å². The van der Waals surface area contributed by atoms with Crippen molar-refractivity contribution in [2.45, 2.75) is 4.90 Å². The van der Waals surface area contributed by atoms with Crippen molar-refractivity contribution in [3.8, 4) is 28.6 Å². The Kier molecular flexibility index (Phi) is 3.92. The van der Waals surface area contributed by atoms with Crippen molar-refractivity contribution in [1.82, 2.24) is 10.1 Å². The average molecular weight is 298 g/mol. The van der Waals surface area contributed by atoms with Crippen molar-refractivity contribution in [1.29, 1.82) is 0 Å². The van der Waals surface area contributed by atoms with Crippen LogP contribution in [0.2, 0.25) is 0 Å². The van der Waals surface area contributed by atoms with Gasteiger partial charge in [0.2, 0.25) is 5.82 Å². The maximum Gasteiger partial charge on any atom is 0.259 e. The van der Waals surface area contributed by atoms with Gasteiger partial charge in [0.1, 0.15) is 5.75 Å². The summed E-state index contributed by atoms with van der Waals surface area (Å²) in [6, 6.07) is 15.6. The van der Waals surface area contributed by atoms with Gasteiger partial charge in [0.05, 0.1) is 12.7 Å². The van der Waals surface area contributed by atoms with Crippen LogP contribution in [0.4, 0.5) is 0 Å². The first kappa shape index (κ1) is 13.7. The topological polar surface area (TPSA) is 48.2 Å². The fraction of sp³-hybridized carbons (Fsp3) is 0.125. The normalized spacial score (nSPS) is 10.6. The molecule has 0 fully saturated rings. The molecule has 0 atom stereocenters. The minimum atomic E-state index is 0.526. The molecule has 0 amide bonds. The summed E-state index contributed by atoms with van der Waals surface area (Å²) in [7, 11) is 1.63. The first-order chi connectivity index (χ1) is 10.3. The Morgan fingerprint density at radius 2 is 1.95 bits per heavy atom. The Hall–Kier alpha value is -2.27. The van der Waals surface area contributed by atoms with Gasteiger partial charge in [-0.25, -0.2) is 0 Å². The molecule has 3 aromatic rings. The summed E-state index contributed by atoms with van der Waals surface area (Å²) >= 11 is 1.65. The van der Waals surface area contributed by atoms with Gasteiger partial charge in [-0.1, -0.05) is 29.4 Å². The lowest BCUT2D eigenvalue weighted by Gasteiger charge is -2.01. The molecule has 0 aliphatic heterocycles. The van der Waals surface area contributed by atoms with Gasteiger partial charge >= 0.3 is 0 Å². The number of benzene rings is 2. The highest BCUT2D eigenvalue weighted by Gasteiger charge is 2.13. The van der Waals surface area contributed by atoms with E-state index in [4.69, 9.17) is 9.26 Å². The Labute approximate surface area is 127 Å². The van der Waals surface area contributed by atoms with Gasteiger partial charge in [-0.15, -0.1) is 11.8 Å². The quantitative estimate of drug-likeness (QED) is 0.678. The van der Waals surface area contributed by atoms with Crippen LogP contribution in [-0.2, 0) is 0 Å². The molecule has 0 spiro atoms. The number of nitrogens with zero attached hydrogens (tertiary/aromatic N) is 2. The van der Waals surface area contributed by atoms with Crippen molar-refractivity contribution in [3.63, 3.8) is 0 Å². The van der Waals surface area contributed by atoms with Crippen molar-refractivity contribution in [3.05, 3.63) is 48.5 Å². The lowest BCUT2D eigenvalue weighted by molar-refractivity contribution is 0.414. The summed E-state index contributed by atoms with van der Waals surface area (Å²) < 4.78 is 10.6. The maximum atomic E-state index is 5.41. The van der Waals surface area contributed by atoms with Gasteiger partial charge in [0, 0.05) is 10.5 Å². The summed E-state index contributed by atoms with van der Waals surface area (Å²) in [6.07, 6.45) is 2.03. The average Bonchev–Trinajstić information content (AvgIpc) is 3.04. The zero-order chi connectivity index (χ0) is 14.7. The molecule has 3 rings (SSSR count). The summed E-state index contributed by atoms with van der Waals surface area (Å²) in [5, 5.41) is 4.06. The van der Waals surface area contributed by atoms with Crippen LogP contribution in [0.3, 0.4) is 0 Å². The Morgan fingerprint density at radius 3 is 2.76 bits per heavy atom. The van der Waals surface area contributed by atoms with E-state index in [1.54, 1.807) is 18.9 Å². The van der Waals surface area contributed by atoms with E-state index in [0.29, 0.717) is 11.7 Å². The molecule has 21 heavy (non-hydrogen) atoms. The molecular formula is C16H14N2O2S. The minimum Gasteiger partial charge on any atom is -0.497 e. The minimum absolute atomic E-state index is 0.526. The molecular weight excluding hydrogens is 284 g/mol. The number of hydrogen-bond donors (Lipinski definition) is 0. The molecule has 0 N–H and O–H groups in total. The molecule has 106 valence electrons. The zero-order valence-electron chi connectivity index (χ0n) is 11.7. The highest BCUT2D eigenvalue weighted by atomic mass is 32.2. The van der Waals surface area contributed by atoms with E-state index in [1.807, 2.05) is 54.8 Å². The first-order valence-electron chi connectivity index (χ1n) is 6.43. The fourth-order valence-electron chi connectivity index (χ4n) is 2.03. The highest BCUT2D eigenvalue weighted by Crippen LogP contribution is 2.30. The molecule has 0 aliphatic carbocycles. The lowest BCUT2D eigenvalue weighted by atomic mass is 10.2. The second kappa shape index (κ2) is 6.01. The predicted octanol–water partition coefficient (Wildman–Crippen LogP) is 4.13. The van der Waals surface area contributed by atoms with Crippen molar-refractivity contribution in [2.24, 2.45) is 0 Å². The first-order valence-corrected chi connectivity index (χ1v) is 7.66. The van der Waals surface area contributed by atoms with Crippen LogP contribution in [-0.4, -0.2) is 23.5 Å². The molecule has 1 aromatic heterocycles. The summed E-state index contributed by atoms with van der Waals surface area (Å²) in [5.74, 6) is 1.85. The smallest absolute Gasteiger partial charge is 0.259 e. The Morgan fingerprint density at radius 1 is 1.10 bits per heavy atom. The second-order valence-electron chi connectivity index (χ2n) is 4.36. The van der Waals surface area contributed by atoms with E-state index in [9.17, 15) is 0 Å². The third kappa shape index (κ3) is 2.78. The third-order valence-corrected chi connectivity index (χ3v) is 3.89. The Bertz CT molecular complexity index is 755. The van der Waals surface area contributed by atoms with Gasteiger partial charge in [-0.05, 0) is 30.5 Å². The Balaban J connectivity index is 1.99. The van der Waals surface area contributed by atoms with Crippen molar-refractivity contribution in [2.75, 3.05) is 13.4 Å². The summed E-state index contributed by atoms with van der Waals surface area (Å²) in [5.41, 5.74) is 1.82. The predicted molar refractivity (Wildman–Crippen MR) is 83.5 cm³/mol. The van der Waals surface area contributed by atoms with E-state index < -0.39 is 0 Å². The third-order valence-electron chi connectivity index (χ3n) is 3.09. The molecule has 0 aliphatic rings. The molecule has 1 heterocycles. The van der Waals surface area contributed by atoms with E-state index in [-0.39, 0.29) is 0 Å². The van der Waals surface area contributed by atoms with Crippen LogP contribution in [0.25, 0.3) is 22.8 Å². The molecule has 4 nitrogen and oxygen atoms in total. The van der Waals surface area contributed by atoms with Crippen LogP contribution in [0.1, 0.15) is 0 Å². The number of rotatable bonds is 4. The van der Waals surface area contributed by atoms with Gasteiger partial charge in [-0.3, -0.25) is 0 Å². The van der Waals surface area contributed by atoms with E-state index in [0.717, 1.165) is 21.8 Å². The molecule has 0 unspecified atom stereocenters. The standard InChI is InChI=1S/C16H14N2O2S/c1-19-12-7-5-6-11(10-12)15-17-16(20-18-15)13-8-3-4-9-14(13)21-2/h3-10H,1-2H3. The highest BCUT2D eigenvalue weighted by molar-refractivity contribution is 7.98. The van der Waals surface area contributed by atoms with E-state index in [1.165, 1.54) is 0 Å². The molecule has 0 saturated heterocycles. The fourth-order valence-corrected chi connectivity index (χ4v) is 2.62. The number of thioether (sulfide) groups is 1. The van der Waals surface area contributed by atoms with Crippen LogP contribution in [0.15, 0.2) is 57.9 Å². The number of hydrogen-bond acceptors (Lipinski definition) is 5. The number of methoxy groups -OCH3 is 1. The summed E-state index contributed by atoms with van der Waals surface area (Å²) in [4.78, 5) is 5.60. The van der Waals surface area contributed by atoms with Gasteiger partial charge in [0.25, 0.3) is 5.89 Å². The molecule has 0 saturated carbocycles. The molecule has 0 radical (unpaired) electrons. The lowest BCUT2D eigenvalue weighted by Crippen LogP contribution is -1.85. The van der Waals surface area contributed by atoms with Gasteiger partial charge < -0.3 is 9.26 Å². The van der Waals surface area contributed by atoms with Crippen LogP contribution in [0, 0.1) is 0 Å². The number of ether oxygens (including phenoxy) is 1. The molecule has 2 aromatic carbocycles.